The maximum Gasteiger partial charge on any atom is 0.0794 e. The zero-order valence-electron chi connectivity index (χ0n) is 9.87. The van der Waals surface area contributed by atoms with Crippen molar-refractivity contribution in [2.45, 2.75) is 43.4 Å². The summed E-state index contributed by atoms with van der Waals surface area (Å²) in [5.74, 6) is 0. The summed E-state index contributed by atoms with van der Waals surface area (Å²) in [6.07, 6.45) is 11.2. The van der Waals surface area contributed by atoms with E-state index >= 15 is 0 Å². The van der Waals surface area contributed by atoms with Crippen LogP contribution in [0.5, 0.6) is 0 Å². The van der Waals surface area contributed by atoms with Crippen molar-refractivity contribution < 1.29 is 0 Å². The molecule has 0 saturated heterocycles. The first-order chi connectivity index (χ1) is 7.85. The molecule has 1 saturated carbocycles. The van der Waals surface area contributed by atoms with Crippen molar-refractivity contribution in [1.29, 1.82) is 0 Å². The second kappa shape index (κ2) is 6.03. The van der Waals surface area contributed by atoms with Crippen LogP contribution in [0, 0.1) is 0 Å². The van der Waals surface area contributed by atoms with E-state index in [0.717, 1.165) is 13.1 Å². The number of thioether (sulfide) groups is 1. The summed E-state index contributed by atoms with van der Waals surface area (Å²) < 4.78 is 0.503. The highest BCUT2D eigenvalue weighted by Crippen LogP contribution is 2.37. The van der Waals surface area contributed by atoms with Crippen molar-refractivity contribution in [2.75, 3.05) is 12.8 Å². The first-order valence-corrected chi connectivity index (χ1v) is 8.08. The van der Waals surface area contributed by atoms with Gasteiger partial charge in [0.05, 0.1) is 5.51 Å². The van der Waals surface area contributed by atoms with Gasteiger partial charge in [0.1, 0.15) is 0 Å². The molecule has 1 aliphatic rings. The average molecular weight is 256 g/mol. The third-order valence-corrected chi connectivity index (χ3v) is 5.63. The number of hydrogen-bond donors (Lipinski definition) is 1. The van der Waals surface area contributed by atoms with Crippen LogP contribution >= 0.6 is 23.1 Å². The maximum absolute atomic E-state index is 4.10. The number of nitrogens with zero attached hydrogens (tertiary/aromatic N) is 1. The van der Waals surface area contributed by atoms with Crippen molar-refractivity contribution in [3.05, 3.63) is 16.6 Å². The molecule has 1 aromatic rings. The van der Waals surface area contributed by atoms with Gasteiger partial charge in [0, 0.05) is 28.9 Å². The SMILES string of the molecule is CSC1(CNCc2cncs2)CCCCC1. The fraction of sp³-hybridized carbons (Fsp3) is 0.750. The molecule has 0 bridgehead atoms. The summed E-state index contributed by atoms with van der Waals surface area (Å²) in [7, 11) is 0. The van der Waals surface area contributed by atoms with Gasteiger partial charge in [0.15, 0.2) is 0 Å². The monoisotopic (exact) mass is 256 g/mol. The average Bonchev–Trinajstić information content (AvgIpc) is 2.83. The molecule has 0 aromatic carbocycles. The van der Waals surface area contributed by atoms with Crippen LogP contribution in [0.3, 0.4) is 0 Å². The molecule has 1 heterocycles. The Morgan fingerprint density at radius 1 is 1.44 bits per heavy atom. The Labute approximate surface area is 106 Å². The summed E-state index contributed by atoms with van der Waals surface area (Å²) in [5, 5.41) is 3.60. The van der Waals surface area contributed by atoms with Crippen LogP contribution in [-0.2, 0) is 6.54 Å². The molecular formula is C12H20N2S2. The highest BCUT2D eigenvalue weighted by atomic mass is 32.2. The quantitative estimate of drug-likeness (QED) is 0.875. The zero-order valence-corrected chi connectivity index (χ0v) is 11.5. The molecule has 0 atom stereocenters. The van der Waals surface area contributed by atoms with E-state index in [1.807, 2.05) is 11.7 Å². The predicted octanol–water partition coefficient (Wildman–Crippen LogP) is 3.30. The van der Waals surface area contributed by atoms with Gasteiger partial charge in [0.2, 0.25) is 0 Å². The van der Waals surface area contributed by atoms with Gasteiger partial charge in [0.25, 0.3) is 0 Å². The number of hydrogen-bond acceptors (Lipinski definition) is 4. The van der Waals surface area contributed by atoms with E-state index in [1.54, 1.807) is 11.3 Å². The predicted molar refractivity (Wildman–Crippen MR) is 73.2 cm³/mol. The number of thiazole rings is 1. The van der Waals surface area contributed by atoms with Gasteiger partial charge in [-0.1, -0.05) is 19.3 Å². The Kier molecular flexibility index (Phi) is 4.67. The van der Waals surface area contributed by atoms with Crippen molar-refractivity contribution in [3.63, 3.8) is 0 Å². The van der Waals surface area contributed by atoms with E-state index in [9.17, 15) is 0 Å². The van der Waals surface area contributed by atoms with Crippen molar-refractivity contribution in [2.24, 2.45) is 0 Å². The first kappa shape index (κ1) is 12.4. The molecule has 0 amide bonds. The van der Waals surface area contributed by atoms with Gasteiger partial charge < -0.3 is 5.32 Å². The molecule has 0 radical (unpaired) electrons. The van der Waals surface area contributed by atoms with Crippen LogP contribution < -0.4 is 5.32 Å². The van der Waals surface area contributed by atoms with Gasteiger partial charge in [-0.2, -0.15) is 11.8 Å². The van der Waals surface area contributed by atoms with Crippen LogP contribution in [-0.4, -0.2) is 22.5 Å². The fourth-order valence-corrected chi connectivity index (χ4v) is 3.90. The minimum Gasteiger partial charge on any atom is -0.310 e. The molecule has 0 aliphatic heterocycles. The Morgan fingerprint density at radius 3 is 2.88 bits per heavy atom. The topological polar surface area (TPSA) is 24.9 Å². The molecule has 0 spiro atoms. The van der Waals surface area contributed by atoms with E-state index in [0.29, 0.717) is 4.75 Å². The third kappa shape index (κ3) is 3.22. The Hall–Kier alpha value is -0.0600. The normalized spacial score (nSPS) is 19.8. The standard InChI is InChI=1S/C12H20N2S2/c1-15-12(5-3-2-4-6-12)9-13-7-11-8-14-10-16-11/h8,10,13H,2-7,9H2,1H3. The third-order valence-electron chi connectivity index (χ3n) is 3.43. The van der Waals surface area contributed by atoms with Gasteiger partial charge in [-0.15, -0.1) is 11.3 Å². The lowest BCUT2D eigenvalue weighted by molar-refractivity contribution is 0.380. The minimum atomic E-state index is 0.503. The molecule has 1 aromatic heterocycles. The van der Waals surface area contributed by atoms with E-state index < -0.39 is 0 Å². The van der Waals surface area contributed by atoms with Gasteiger partial charge in [-0.3, -0.25) is 4.98 Å². The van der Waals surface area contributed by atoms with Gasteiger partial charge in [-0.25, -0.2) is 0 Å². The van der Waals surface area contributed by atoms with E-state index in [2.05, 4.69) is 28.3 Å². The lowest BCUT2D eigenvalue weighted by atomic mass is 9.88. The molecule has 16 heavy (non-hydrogen) atoms. The highest BCUT2D eigenvalue weighted by molar-refractivity contribution is 8.00. The summed E-state index contributed by atoms with van der Waals surface area (Å²) in [4.78, 5) is 5.44. The Bertz CT molecular complexity index is 292. The molecule has 0 unspecified atom stereocenters. The van der Waals surface area contributed by atoms with Crippen molar-refractivity contribution in [3.8, 4) is 0 Å². The lowest BCUT2D eigenvalue weighted by Gasteiger charge is -2.36. The smallest absolute Gasteiger partial charge is 0.0794 e. The Balaban J connectivity index is 1.78. The summed E-state index contributed by atoms with van der Waals surface area (Å²) in [6, 6.07) is 0. The largest absolute Gasteiger partial charge is 0.310 e. The summed E-state index contributed by atoms with van der Waals surface area (Å²) in [6.45, 7) is 2.12. The molecular weight excluding hydrogens is 236 g/mol. The van der Waals surface area contributed by atoms with Crippen LogP contribution in [0.15, 0.2) is 11.7 Å². The van der Waals surface area contributed by atoms with Crippen LogP contribution in [0.2, 0.25) is 0 Å². The van der Waals surface area contributed by atoms with E-state index in [1.165, 1.54) is 37.0 Å². The molecule has 2 rings (SSSR count). The summed E-state index contributed by atoms with van der Waals surface area (Å²) in [5.41, 5.74) is 1.90. The zero-order chi connectivity index (χ0) is 11.3. The van der Waals surface area contributed by atoms with Crippen LogP contribution in [0.1, 0.15) is 37.0 Å². The second-order valence-corrected chi connectivity index (χ2v) is 6.76. The van der Waals surface area contributed by atoms with Crippen molar-refractivity contribution >= 4 is 23.1 Å². The minimum absolute atomic E-state index is 0.503. The number of aromatic nitrogens is 1. The molecule has 2 nitrogen and oxygen atoms in total. The Morgan fingerprint density at radius 2 is 2.25 bits per heavy atom. The van der Waals surface area contributed by atoms with Gasteiger partial charge in [-0.05, 0) is 19.1 Å². The number of nitrogens with one attached hydrogen (secondary N) is 1. The van der Waals surface area contributed by atoms with Crippen LogP contribution in [0.4, 0.5) is 0 Å². The first-order valence-electron chi connectivity index (χ1n) is 5.98. The van der Waals surface area contributed by atoms with Gasteiger partial charge >= 0.3 is 0 Å². The van der Waals surface area contributed by atoms with E-state index in [4.69, 9.17) is 0 Å². The molecule has 90 valence electrons. The highest BCUT2D eigenvalue weighted by Gasteiger charge is 2.30. The maximum atomic E-state index is 4.10. The molecule has 1 aliphatic carbocycles. The molecule has 4 heteroatoms. The molecule has 1 fully saturated rings. The second-order valence-electron chi connectivity index (χ2n) is 4.52. The number of rotatable bonds is 5. The molecule has 1 N–H and O–H groups in total. The van der Waals surface area contributed by atoms with Crippen molar-refractivity contribution in [1.82, 2.24) is 10.3 Å². The lowest BCUT2D eigenvalue weighted by Crippen LogP contribution is -2.38. The fourth-order valence-electron chi connectivity index (χ4n) is 2.39. The van der Waals surface area contributed by atoms with Crippen LogP contribution in [0.25, 0.3) is 0 Å². The summed E-state index contributed by atoms with van der Waals surface area (Å²) >= 11 is 3.79. The van der Waals surface area contributed by atoms with E-state index in [-0.39, 0.29) is 0 Å².